The van der Waals surface area contributed by atoms with E-state index in [2.05, 4.69) is 15.3 Å². The fourth-order valence-corrected chi connectivity index (χ4v) is 2.82. The molecule has 1 saturated heterocycles. The first-order valence-corrected chi connectivity index (χ1v) is 8.13. The summed E-state index contributed by atoms with van der Waals surface area (Å²) in [5, 5.41) is 3.11. The third-order valence-electron chi connectivity index (χ3n) is 4.15. The number of halogens is 3. The number of nitrogens with zero attached hydrogens (tertiary/aromatic N) is 3. The van der Waals surface area contributed by atoms with Crippen LogP contribution in [0.25, 0.3) is 10.9 Å². The summed E-state index contributed by atoms with van der Waals surface area (Å²) in [5.41, 5.74) is 0.421. The SMILES string of the molecule is Fc1cc2c(Nc3ccccc3)nc(N3CCOCC3)nc2c(F)c1F. The van der Waals surface area contributed by atoms with Crippen LogP contribution in [0.4, 0.5) is 30.6 Å². The van der Waals surface area contributed by atoms with Crippen molar-refractivity contribution in [3.63, 3.8) is 0 Å². The van der Waals surface area contributed by atoms with Gasteiger partial charge in [-0.1, -0.05) is 18.2 Å². The molecule has 0 spiro atoms. The molecule has 0 saturated carbocycles. The molecular formula is C18H15F3N4O. The van der Waals surface area contributed by atoms with E-state index in [9.17, 15) is 13.2 Å². The largest absolute Gasteiger partial charge is 0.378 e. The van der Waals surface area contributed by atoms with Gasteiger partial charge in [0.25, 0.3) is 0 Å². The van der Waals surface area contributed by atoms with Gasteiger partial charge in [0.05, 0.1) is 13.2 Å². The Labute approximate surface area is 147 Å². The van der Waals surface area contributed by atoms with Crippen molar-refractivity contribution in [2.45, 2.75) is 0 Å². The van der Waals surface area contributed by atoms with E-state index in [1.807, 2.05) is 23.1 Å². The minimum atomic E-state index is -1.55. The summed E-state index contributed by atoms with van der Waals surface area (Å²) in [4.78, 5) is 10.4. The maximum atomic E-state index is 14.3. The lowest BCUT2D eigenvalue weighted by molar-refractivity contribution is 0.122. The fourth-order valence-electron chi connectivity index (χ4n) is 2.82. The molecule has 5 nitrogen and oxygen atoms in total. The Morgan fingerprint density at radius 2 is 1.69 bits per heavy atom. The molecule has 0 bridgehead atoms. The number of morpholine rings is 1. The summed E-state index contributed by atoms with van der Waals surface area (Å²) in [5.74, 6) is -3.71. The van der Waals surface area contributed by atoms with Crippen molar-refractivity contribution in [1.29, 1.82) is 0 Å². The van der Waals surface area contributed by atoms with E-state index in [-0.39, 0.29) is 22.7 Å². The fraction of sp³-hybridized carbons (Fsp3) is 0.222. The Balaban J connectivity index is 1.88. The summed E-state index contributed by atoms with van der Waals surface area (Å²) in [6, 6.07) is 9.96. The van der Waals surface area contributed by atoms with E-state index in [0.29, 0.717) is 32.0 Å². The third-order valence-corrected chi connectivity index (χ3v) is 4.15. The summed E-state index contributed by atoms with van der Waals surface area (Å²) >= 11 is 0. The van der Waals surface area contributed by atoms with Crippen LogP contribution in [0.2, 0.25) is 0 Å². The molecule has 2 heterocycles. The van der Waals surface area contributed by atoms with Crippen molar-refractivity contribution in [3.05, 3.63) is 53.8 Å². The van der Waals surface area contributed by atoms with E-state index >= 15 is 0 Å². The molecule has 1 aliphatic rings. The summed E-state index contributed by atoms with van der Waals surface area (Å²) in [6.45, 7) is 2.04. The highest BCUT2D eigenvalue weighted by Gasteiger charge is 2.22. The number of fused-ring (bicyclic) bond motifs is 1. The van der Waals surface area contributed by atoms with Crippen LogP contribution in [0.15, 0.2) is 36.4 Å². The minimum Gasteiger partial charge on any atom is -0.378 e. The third kappa shape index (κ3) is 3.03. The highest BCUT2D eigenvalue weighted by atomic mass is 19.2. The molecule has 1 aliphatic heterocycles. The van der Waals surface area contributed by atoms with Crippen LogP contribution >= 0.6 is 0 Å². The summed E-state index contributed by atoms with van der Waals surface area (Å²) in [7, 11) is 0. The van der Waals surface area contributed by atoms with Gasteiger partial charge in [-0.2, -0.15) is 4.98 Å². The first-order valence-electron chi connectivity index (χ1n) is 8.13. The molecular weight excluding hydrogens is 345 g/mol. The van der Waals surface area contributed by atoms with Crippen LogP contribution in [0, 0.1) is 17.5 Å². The van der Waals surface area contributed by atoms with Crippen LogP contribution in [-0.4, -0.2) is 36.3 Å². The van der Waals surface area contributed by atoms with Crippen molar-refractivity contribution in [1.82, 2.24) is 9.97 Å². The van der Waals surface area contributed by atoms with E-state index in [1.165, 1.54) is 0 Å². The van der Waals surface area contributed by atoms with Crippen molar-refractivity contribution >= 4 is 28.4 Å². The van der Waals surface area contributed by atoms with Crippen molar-refractivity contribution in [2.75, 3.05) is 36.5 Å². The molecule has 3 aromatic rings. The zero-order chi connectivity index (χ0) is 18.1. The number of hydrogen-bond acceptors (Lipinski definition) is 5. The molecule has 4 rings (SSSR count). The Morgan fingerprint density at radius 1 is 0.962 bits per heavy atom. The predicted octanol–water partition coefficient (Wildman–Crippen LogP) is 3.63. The van der Waals surface area contributed by atoms with Gasteiger partial charge in [0.15, 0.2) is 17.5 Å². The molecule has 0 atom stereocenters. The maximum absolute atomic E-state index is 14.3. The molecule has 134 valence electrons. The highest BCUT2D eigenvalue weighted by Crippen LogP contribution is 2.30. The summed E-state index contributed by atoms with van der Waals surface area (Å²) < 4.78 is 47.1. The number of aromatic nitrogens is 2. The molecule has 0 radical (unpaired) electrons. The Bertz CT molecular complexity index is 946. The van der Waals surface area contributed by atoms with E-state index in [4.69, 9.17) is 4.74 Å². The van der Waals surface area contributed by atoms with Gasteiger partial charge in [-0.25, -0.2) is 18.2 Å². The highest BCUT2D eigenvalue weighted by molar-refractivity contribution is 5.92. The zero-order valence-corrected chi connectivity index (χ0v) is 13.7. The quantitative estimate of drug-likeness (QED) is 0.723. The van der Waals surface area contributed by atoms with E-state index in [0.717, 1.165) is 6.07 Å². The molecule has 0 unspecified atom stereocenters. The molecule has 1 aromatic heterocycles. The number of anilines is 3. The van der Waals surface area contributed by atoms with E-state index < -0.39 is 17.5 Å². The molecule has 26 heavy (non-hydrogen) atoms. The molecule has 1 fully saturated rings. The molecule has 1 N–H and O–H groups in total. The smallest absolute Gasteiger partial charge is 0.228 e. The van der Waals surface area contributed by atoms with Gasteiger partial charge >= 0.3 is 0 Å². The zero-order valence-electron chi connectivity index (χ0n) is 13.7. The number of ether oxygens (including phenoxy) is 1. The second-order valence-corrected chi connectivity index (χ2v) is 5.85. The van der Waals surface area contributed by atoms with Crippen molar-refractivity contribution in [2.24, 2.45) is 0 Å². The Morgan fingerprint density at radius 3 is 2.42 bits per heavy atom. The van der Waals surface area contributed by atoms with Crippen molar-refractivity contribution < 1.29 is 17.9 Å². The number of nitrogens with one attached hydrogen (secondary N) is 1. The second-order valence-electron chi connectivity index (χ2n) is 5.85. The van der Waals surface area contributed by atoms with Crippen LogP contribution in [0.1, 0.15) is 0 Å². The number of hydrogen-bond donors (Lipinski definition) is 1. The number of rotatable bonds is 3. The normalized spacial score (nSPS) is 14.7. The van der Waals surface area contributed by atoms with Crippen LogP contribution in [0.3, 0.4) is 0 Å². The van der Waals surface area contributed by atoms with Gasteiger partial charge in [0, 0.05) is 24.2 Å². The van der Waals surface area contributed by atoms with E-state index in [1.54, 1.807) is 12.1 Å². The average Bonchev–Trinajstić information content (AvgIpc) is 2.68. The lowest BCUT2D eigenvalue weighted by atomic mass is 10.2. The standard InChI is InChI=1S/C18H15F3N4O/c19-13-10-12-16(15(21)14(13)20)23-18(25-6-8-26-9-7-25)24-17(12)22-11-4-2-1-3-5-11/h1-5,10H,6-9H2,(H,22,23,24). The van der Waals surface area contributed by atoms with Gasteiger partial charge in [-0.15, -0.1) is 0 Å². The predicted molar refractivity (Wildman–Crippen MR) is 92.2 cm³/mol. The lowest BCUT2D eigenvalue weighted by Crippen LogP contribution is -2.37. The molecule has 2 aromatic carbocycles. The Hall–Kier alpha value is -2.87. The first-order chi connectivity index (χ1) is 12.6. The van der Waals surface area contributed by atoms with Crippen LogP contribution < -0.4 is 10.2 Å². The topological polar surface area (TPSA) is 50.3 Å². The second kappa shape index (κ2) is 6.80. The minimum absolute atomic E-state index is 0.0715. The van der Waals surface area contributed by atoms with Gasteiger partial charge in [0.2, 0.25) is 5.95 Å². The van der Waals surface area contributed by atoms with Gasteiger partial charge < -0.3 is 15.0 Å². The average molecular weight is 360 g/mol. The molecule has 8 heteroatoms. The first kappa shape index (κ1) is 16.6. The molecule has 0 amide bonds. The molecule has 0 aliphatic carbocycles. The van der Waals surface area contributed by atoms with Crippen LogP contribution in [0.5, 0.6) is 0 Å². The van der Waals surface area contributed by atoms with Gasteiger partial charge in [-0.05, 0) is 18.2 Å². The Kier molecular flexibility index (Phi) is 4.34. The lowest BCUT2D eigenvalue weighted by Gasteiger charge is -2.27. The maximum Gasteiger partial charge on any atom is 0.228 e. The number of benzene rings is 2. The van der Waals surface area contributed by atoms with Crippen molar-refractivity contribution in [3.8, 4) is 0 Å². The van der Waals surface area contributed by atoms with Crippen LogP contribution in [-0.2, 0) is 4.74 Å². The summed E-state index contributed by atoms with van der Waals surface area (Å²) in [6.07, 6.45) is 0. The number of para-hydroxylation sites is 1. The van der Waals surface area contributed by atoms with Gasteiger partial charge in [-0.3, -0.25) is 0 Å². The van der Waals surface area contributed by atoms with Gasteiger partial charge in [0.1, 0.15) is 11.3 Å². The monoisotopic (exact) mass is 360 g/mol.